The Labute approximate surface area is 190 Å². The van der Waals surface area contributed by atoms with E-state index in [0.29, 0.717) is 22.4 Å². The lowest BCUT2D eigenvalue weighted by Crippen LogP contribution is -2.15. The summed E-state index contributed by atoms with van der Waals surface area (Å²) in [6.45, 7) is 0. The quantitative estimate of drug-likeness (QED) is 0.396. The van der Waals surface area contributed by atoms with E-state index in [9.17, 15) is 4.79 Å². The van der Waals surface area contributed by atoms with E-state index in [-0.39, 0.29) is 11.7 Å². The van der Waals surface area contributed by atoms with Gasteiger partial charge in [0.15, 0.2) is 11.0 Å². The predicted octanol–water partition coefficient (Wildman–Crippen LogP) is 4.68. The summed E-state index contributed by atoms with van der Waals surface area (Å²) in [5, 5.41) is 12.3. The summed E-state index contributed by atoms with van der Waals surface area (Å²) >= 11 is 1.31. The zero-order valence-corrected chi connectivity index (χ0v) is 18.5. The highest BCUT2D eigenvalue weighted by Crippen LogP contribution is 2.29. The number of thioether (sulfide) groups is 1. The molecule has 0 radical (unpaired) electrons. The molecule has 0 spiro atoms. The van der Waals surface area contributed by atoms with Gasteiger partial charge in [0.05, 0.1) is 25.7 Å². The van der Waals surface area contributed by atoms with Gasteiger partial charge in [0.25, 0.3) is 0 Å². The summed E-state index contributed by atoms with van der Waals surface area (Å²) in [6.07, 6.45) is 0. The van der Waals surface area contributed by atoms with E-state index < -0.39 is 0 Å². The topological polar surface area (TPSA) is 78.3 Å². The average molecular weight is 447 g/mol. The third-order valence-corrected chi connectivity index (χ3v) is 5.64. The van der Waals surface area contributed by atoms with Crippen LogP contribution in [0.3, 0.4) is 0 Å². The highest BCUT2D eigenvalue weighted by Gasteiger charge is 2.18. The third kappa shape index (κ3) is 4.76. The number of para-hydroxylation sites is 2. The van der Waals surface area contributed by atoms with E-state index in [4.69, 9.17) is 9.47 Å². The molecule has 4 rings (SSSR count). The first-order valence-electron chi connectivity index (χ1n) is 9.90. The number of nitrogens with zero attached hydrogens (tertiary/aromatic N) is 3. The smallest absolute Gasteiger partial charge is 0.234 e. The van der Waals surface area contributed by atoms with Crippen molar-refractivity contribution < 1.29 is 14.3 Å². The van der Waals surface area contributed by atoms with Crippen molar-refractivity contribution >= 4 is 23.4 Å². The minimum Gasteiger partial charge on any atom is -0.497 e. The van der Waals surface area contributed by atoms with Crippen molar-refractivity contribution in [1.29, 1.82) is 0 Å². The Morgan fingerprint density at radius 2 is 1.62 bits per heavy atom. The summed E-state index contributed by atoms with van der Waals surface area (Å²) in [7, 11) is 3.20. The Hall–Kier alpha value is -3.78. The minimum absolute atomic E-state index is 0.162. The molecule has 0 unspecified atom stereocenters. The maximum Gasteiger partial charge on any atom is 0.234 e. The van der Waals surface area contributed by atoms with Crippen LogP contribution in [-0.2, 0) is 4.79 Å². The second-order valence-electron chi connectivity index (χ2n) is 6.74. The fourth-order valence-corrected chi connectivity index (χ4v) is 3.92. The van der Waals surface area contributed by atoms with Crippen molar-refractivity contribution in [3.8, 4) is 28.6 Å². The largest absolute Gasteiger partial charge is 0.497 e. The van der Waals surface area contributed by atoms with Crippen LogP contribution in [0.1, 0.15) is 0 Å². The van der Waals surface area contributed by atoms with Crippen LogP contribution in [0.5, 0.6) is 11.5 Å². The van der Waals surface area contributed by atoms with Gasteiger partial charge in [0.2, 0.25) is 5.91 Å². The number of carbonyl (C=O) groups is 1. The van der Waals surface area contributed by atoms with Gasteiger partial charge in [-0.3, -0.25) is 9.36 Å². The number of rotatable bonds is 8. The van der Waals surface area contributed by atoms with E-state index >= 15 is 0 Å². The van der Waals surface area contributed by atoms with Gasteiger partial charge in [-0.05, 0) is 36.4 Å². The van der Waals surface area contributed by atoms with Crippen molar-refractivity contribution in [3.05, 3.63) is 78.9 Å². The number of hydrogen-bond acceptors (Lipinski definition) is 6. The first-order chi connectivity index (χ1) is 15.7. The number of methoxy groups -OCH3 is 2. The van der Waals surface area contributed by atoms with Gasteiger partial charge in [-0.1, -0.05) is 54.2 Å². The molecule has 0 bridgehead atoms. The molecule has 0 aliphatic rings. The lowest BCUT2D eigenvalue weighted by atomic mass is 10.2. The summed E-state index contributed by atoms with van der Waals surface area (Å²) in [4.78, 5) is 12.6. The van der Waals surface area contributed by atoms with Gasteiger partial charge < -0.3 is 14.8 Å². The van der Waals surface area contributed by atoms with Crippen molar-refractivity contribution in [2.45, 2.75) is 5.16 Å². The molecule has 1 heterocycles. The number of carbonyl (C=O) groups excluding carboxylic acids is 1. The molecule has 8 heteroatoms. The summed E-state index contributed by atoms with van der Waals surface area (Å²) in [6, 6.07) is 24.8. The van der Waals surface area contributed by atoms with Crippen molar-refractivity contribution in [2.75, 3.05) is 25.3 Å². The fourth-order valence-electron chi connectivity index (χ4n) is 3.17. The minimum atomic E-state index is -0.162. The molecule has 0 aliphatic carbocycles. The molecule has 1 amide bonds. The van der Waals surface area contributed by atoms with Gasteiger partial charge in [-0.2, -0.15) is 0 Å². The molecule has 1 N–H and O–H groups in total. The van der Waals surface area contributed by atoms with Gasteiger partial charge in [0, 0.05) is 11.3 Å². The molecular weight excluding hydrogens is 424 g/mol. The van der Waals surface area contributed by atoms with Crippen LogP contribution in [0.25, 0.3) is 17.1 Å². The Morgan fingerprint density at radius 1 is 0.906 bits per heavy atom. The third-order valence-electron chi connectivity index (χ3n) is 4.71. The summed E-state index contributed by atoms with van der Waals surface area (Å²) < 4.78 is 12.5. The standard InChI is InChI=1S/C24H22N4O3S/c1-30-19-14-12-18(13-15-19)28-23(17-8-4-3-5-9-17)26-27-24(28)32-16-22(29)25-20-10-6-7-11-21(20)31-2/h3-15H,16H2,1-2H3,(H,25,29). The molecule has 3 aromatic carbocycles. The highest BCUT2D eigenvalue weighted by atomic mass is 32.2. The highest BCUT2D eigenvalue weighted by molar-refractivity contribution is 7.99. The molecule has 7 nitrogen and oxygen atoms in total. The number of aromatic nitrogens is 3. The van der Waals surface area contributed by atoms with Crippen LogP contribution in [0, 0.1) is 0 Å². The lowest BCUT2D eigenvalue weighted by Gasteiger charge is -2.12. The molecule has 32 heavy (non-hydrogen) atoms. The number of anilines is 1. The number of ether oxygens (including phenoxy) is 2. The van der Waals surface area contributed by atoms with Crippen LogP contribution in [0.4, 0.5) is 5.69 Å². The molecule has 0 fully saturated rings. The van der Waals surface area contributed by atoms with Crippen molar-refractivity contribution in [2.24, 2.45) is 0 Å². The lowest BCUT2D eigenvalue weighted by molar-refractivity contribution is -0.113. The number of nitrogens with one attached hydrogen (secondary N) is 1. The number of amides is 1. The Bertz CT molecular complexity index is 1190. The molecule has 162 valence electrons. The van der Waals surface area contributed by atoms with Gasteiger partial charge >= 0.3 is 0 Å². The molecule has 0 aliphatic heterocycles. The second-order valence-corrected chi connectivity index (χ2v) is 7.69. The van der Waals surface area contributed by atoms with Gasteiger partial charge in [-0.15, -0.1) is 10.2 Å². The molecule has 1 aromatic heterocycles. The summed E-state index contributed by atoms with van der Waals surface area (Å²) in [5.74, 6) is 2.07. The van der Waals surface area contributed by atoms with Crippen LogP contribution in [0.15, 0.2) is 84.0 Å². The zero-order valence-electron chi connectivity index (χ0n) is 17.7. The van der Waals surface area contributed by atoms with Crippen LogP contribution < -0.4 is 14.8 Å². The van der Waals surface area contributed by atoms with Crippen molar-refractivity contribution in [3.63, 3.8) is 0 Å². The molecule has 0 saturated heterocycles. The van der Waals surface area contributed by atoms with E-state index in [2.05, 4.69) is 15.5 Å². The average Bonchev–Trinajstić information content (AvgIpc) is 3.27. The van der Waals surface area contributed by atoms with Gasteiger partial charge in [0.1, 0.15) is 11.5 Å². The Morgan fingerprint density at radius 3 is 2.34 bits per heavy atom. The first kappa shape index (κ1) is 21.5. The molecule has 0 saturated carbocycles. The maximum atomic E-state index is 12.6. The van der Waals surface area contributed by atoms with Gasteiger partial charge in [-0.25, -0.2) is 0 Å². The van der Waals surface area contributed by atoms with E-state index in [1.807, 2.05) is 71.3 Å². The monoisotopic (exact) mass is 446 g/mol. The molecule has 4 aromatic rings. The molecule has 0 atom stereocenters. The number of benzene rings is 3. The Kier molecular flexibility index (Phi) is 6.72. The zero-order chi connectivity index (χ0) is 22.3. The molecular formula is C24H22N4O3S. The number of hydrogen-bond donors (Lipinski definition) is 1. The summed E-state index contributed by atoms with van der Waals surface area (Å²) in [5.41, 5.74) is 2.44. The first-order valence-corrected chi connectivity index (χ1v) is 10.9. The van der Waals surface area contributed by atoms with Crippen LogP contribution in [-0.4, -0.2) is 40.6 Å². The fraction of sp³-hybridized carbons (Fsp3) is 0.125. The second kappa shape index (κ2) is 10.0. The Balaban J connectivity index is 1.59. The maximum absolute atomic E-state index is 12.6. The van der Waals surface area contributed by atoms with Crippen molar-refractivity contribution in [1.82, 2.24) is 14.8 Å². The predicted molar refractivity (Wildman–Crippen MR) is 126 cm³/mol. The van der Waals surface area contributed by atoms with Crippen LogP contribution >= 0.6 is 11.8 Å². The van der Waals surface area contributed by atoms with E-state index in [1.54, 1.807) is 26.4 Å². The van der Waals surface area contributed by atoms with E-state index in [0.717, 1.165) is 17.0 Å². The van der Waals surface area contributed by atoms with E-state index in [1.165, 1.54) is 11.8 Å². The van der Waals surface area contributed by atoms with Crippen LogP contribution in [0.2, 0.25) is 0 Å². The normalized spacial score (nSPS) is 10.6. The SMILES string of the molecule is COc1ccc(-n2c(SCC(=O)Nc3ccccc3OC)nnc2-c2ccccc2)cc1.